The summed E-state index contributed by atoms with van der Waals surface area (Å²) >= 11 is 0. The molecule has 0 aromatic heterocycles. The number of hydrogen-bond donors (Lipinski definition) is 0. The number of ether oxygens (including phenoxy) is 1. The molecule has 19 heavy (non-hydrogen) atoms. The van der Waals surface area contributed by atoms with Crippen molar-refractivity contribution in [1.82, 2.24) is 0 Å². The first-order valence-electron chi connectivity index (χ1n) is 6.34. The molecule has 4 nitrogen and oxygen atoms in total. The van der Waals surface area contributed by atoms with E-state index in [9.17, 15) is 0 Å². The summed E-state index contributed by atoms with van der Waals surface area (Å²) in [6.07, 6.45) is 9.35. The van der Waals surface area contributed by atoms with Gasteiger partial charge in [-0.1, -0.05) is 0 Å². The Labute approximate surface area is 114 Å². The SMILES string of the molecule is COc1ccc(N(C)N=CC2C=C[N+](C)=CC2)cc1. The van der Waals surface area contributed by atoms with E-state index >= 15 is 0 Å². The van der Waals surface area contributed by atoms with Crippen LogP contribution in [0.15, 0.2) is 41.6 Å². The molecule has 1 atom stereocenters. The van der Waals surface area contributed by atoms with Gasteiger partial charge in [0.15, 0.2) is 6.20 Å². The van der Waals surface area contributed by atoms with Crippen molar-refractivity contribution in [3.05, 3.63) is 36.5 Å². The molecular weight excluding hydrogens is 238 g/mol. The van der Waals surface area contributed by atoms with Crippen LogP contribution in [-0.2, 0) is 0 Å². The number of hydrogen-bond acceptors (Lipinski definition) is 3. The molecule has 1 aromatic carbocycles. The Bertz CT molecular complexity index is 503. The maximum atomic E-state index is 5.14. The minimum Gasteiger partial charge on any atom is -0.497 e. The second kappa shape index (κ2) is 6.18. The van der Waals surface area contributed by atoms with E-state index in [1.54, 1.807) is 7.11 Å². The van der Waals surface area contributed by atoms with E-state index in [-0.39, 0.29) is 0 Å². The molecule has 0 amide bonds. The van der Waals surface area contributed by atoms with Gasteiger partial charge >= 0.3 is 0 Å². The summed E-state index contributed by atoms with van der Waals surface area (Å²) in [6.45, 7) is 0. The van der Waals surface area contributed by atoms with Gasteiger partial charge in [0.05, 0.1) is 12.8 Å². The largest absolute Gasteiger partial charge is 0.497 e. The Balaban J connectivity index is 1.96. The van der Waals surface area contributed by atoms with Crippen molar-refractivity contribution < 1.29 is 9.31 Å². The van der Waals surface area contributed by atoms with E-state index in [0.29, 0.717) is 5.92 Å². The third kappa shape index (κ3) is 3.68. The molecule has 1 aliphatic rings. The standard InChI is InChI=1S/C15H20N3O/c1-17-10-8-13(9-11-17)12-16-18(2)14-4-6-15(19-3)7-5-14/h4-8,10-13H,9H2,1-3H3/q+1. The van der Waals surface area contributed by atoms with Crippen molar-refractivity contribution in [2.75, 3.05) is 26.2 Å². The van der Waals surface area contributed by atoms with Crippen molar-refractivity contribution in [1.29, 1.82) is 0 Å². The van der Waals surface area contributed by atoms with Crippen LogP contribution in [0.4, 0.5) is 5.69 Å². The van der Waals surface area contributed by atoms with E-state index in [1.807, 2.05) is 49.6 Å². The lowest BCUT2D eigenvalue weighted by molar-refractivity contribution is -0.420. The van der Waals surface area contributed by atoms with Crippen molar-refractivity contribution >= 4 is 18.1 Å². The maximum absolute atomic E-state index is 5.14. The van der Waals surface area contributed by atoms with E-state index in [4.69, 9.17) is 4.74 Å². The Hall–Kier alpha value is -2.10. The summed E-state index contributed by atoms with van der Waals surface area (Å²) in [5.41, 5.74) is 1.04. The first-order chi connectivity index (χ1) is 9.19. The van der Waals surface area contributed by atoms with Crippen LogP contribution >= 0.6 is 0 Å². The predicted molar refractivity (Wildman–Crippen MR) is 79.4 cm³/mol. The second-order valence-electron chi connectivity index (χ2n) is 4.58. The van der Waals surface area contributed by atoms with Crippen molar-refractivity contribution in [2.45, 2.75) is 6.42 Å². The average Bonchev–Trinajstić information content (AvgIpc) is 2.46. The monoisotopic (exact) mass is 258 g/mol. The van der Waals surface area contributed by atoms with Gasteiger partial charge in [-0.25, -0.2) is 4.58 Å². The molecular formula is C15H20N3O+. The Morgan fingerprint density at radius 2 is 2.11 bits per heavy atom. The highest BCUT2D eigenvalue weighted by Gasteiger charge is 2.09. The Morgan fingerprint density at radius 3 is 2.68 bits per heavy atom. The van der Waals surface area contributed by atoms with Gasteiger partial charge in [0.1, 0.15) is 19.0 Å². The van der Waals surface area contributed by atoms with Gasteiger partial charge in [-0.15, -0.1) is 0 Å². The number of nitrogens with zero attached hydrogens (tertiary/aromatic N) is 3. The van der Waals surface area contributed by atoms with E-state index < -0.39 is 0 Å². The van der Waals surface area contributed by atoms with Gasteiger partial charge in [0.25, 0.3) is 0 Å². The zero-order chi connectivity index (χ0) is 13.7. The van der Waals surface area contributed by atoms with Gasteiger partial charge in [0.2, 0.25) is 0 Å². The van der Waals surface area contributed by atoms with Gasteiger partial charge in [0, 0.05) is 25.6 Å². The van der Waals surface area contributed by atoms with Crippen LogP contribution in [0, 0.1) is 5.92 Å². The molecule has 1 aromatic rings. The highest BCUT2D eigenvalue weighted by molar-refractivity contribution is 5.70. The van der Waals surface area contributed by atoms with Gasteiger partial charge < -0.3 is 4.74 Å². The summed E-state index contributed by atoms with van der Waals surface area (Å²) in [5, 5.41) is 6.34. The van der Waals surface area contributed by atoms with Crippen molar-refractivity contribution in [2.24, 2.45) is 11.0 Å². The summed E-state index contributed by atoms with van der Waals surface area (Å²) in [4.78, 5) is 0. The average molecular weight is 258 g/mol. The molecule has 0 spiro atoms. The minimum atomic E-state index is 0.372. The van der Waals surface area contributed by atoms with Crippen LogP contribution in [0.3, 0.4) is 0 Å². The smallest absolute Gasteiger partial charge is 0.164 e. The fourth-order valence-electron chi connectivity index (χ4n) is 1.83. The van der Waals surface area contributed by atoms with Crippen molar-refractivity contribution in [3.63, 3.8) is 0 Å². The van der Waals surface area contributed by atoms with Crippen LogP contribution in [0.2, 0.25) is 0 Å². The first-order valence-corrected chi connectivity index (χ1v) is 6.34. The molecule has 0 aliphatic carbocycles. The molecule has 1 heterocycles. The van der Waals surface area contributed by atoms with Crippen LogP contribution < -0.4 is 9.75 Å². The number of hydrazone groups is 1. The number of rotatable bonds is 4. The lowest BCUT2D eigenvalue weighted by atomic mass is 10.1. The predicted octanol–water partition coefficient (Wildman–Crippen LogP) is 2.36. The van der Waals surface area contributed by atoms with Crippen LogP contribution in [-0.4, -0.2) is 38.2 Å². The third-order valence-corrected chi connectivity index (χ3v) is 3.11. The normalized spacial score (nSPS) is 18.5. The van der Waals surface area contributed by atoms with Crippen LogP contribution in [0.5, 0.6) is 5.75 Å². The lowest BCUT2D eigenvalue weighted by Crippen LogP contribution is -2.14. The summed E-state index contributed by atoms with van der Waals surface area (Å²) in [5.74, 6) is 1.23. The number of allylic oxidation sites excluding steroid dienone is 1. The zero-order valence-electron chi connectivity index (χ0n) is 11.7. The highest BCUT2D eigenvalue weighted by atomic mass is 16.5. The summed E-state index contributed by atoms with van der Waals surface area (Å²) < 4.78 is 7.21. The summed E-state index contributed by atoms with van der Waals surface area (Å²) in [6, 6.07) is 7.86. The molecule has 0 fully saturated rings. The van der Waals surface area contributed by atoms with Crippen LogP contribution in [0.1, 0.15) is 6.42 Å². The fraction of sp³-hybridized carbons (Fsp3) is 0.333. The molecule has 2 rings (SSSR count). The molecule has 100 valence electrons. The quantitative estimate of drug-likeness (QED) is 0.471. The van der Waals surface area contributed by atoms with E-state index in [0.717, 1.165) is 17.9 Å². The minimum absolute atomic E-state index is 0.372. The molecule has 0 bridgehead atoms. The Kier molecular flexibility index (Phi) is 4.34. The lowest BCUT2D eigenvalue weighted by Gasteiger charge is -2.14. The maximum Gasteiger partial charge on any atom is 0.164 e. The van der Waals surface area contributed by atoms with E-state index in [2.05, 4.69) is 28.2 Å². The number of anilines is 1. The number of benzene rings is 1. The van der Waals surface area contributed by atoms with E-state index in [1.165, 1.54) is 0 Å². The molecule has 0 saturated heterocycles. The van der Waals surface area contributed by atoms with Gasteiger partial charge in [-0.3, -0.25) is 5.01 Å². The number of methoxy groups -OCH3 is 1. The zero-order valence-corrected chi connectivity index (χ0v) is 11.7. The molecule has 4 heteroatoms. The first kappa shape index (κ1) is 13.3. The molecule has 0 saturated carbocycles. The van der Waals surface area contributed by atoms with Crippen LogP contribution in [0.25, 0.3) is 0 Å². The Morgan fingerprint density at radius 1 is 1.37 bits per heavy atom. The molecule has 1 unspecified atom stereocenters. The van der Waals surface area contributed by atoms with Gasteiger partial charge in [-0.05, 0) is 30.3 Å². The highest BCUT2D eigenvalue weighted by Crippen LogP contribution is 2.18. The topological polar surface area (TPSA) is 27.8 Å². The molecule has 0 radical (unpaired) electrons. The third-order valence-electron chi connectivity index (χ3n) is 3.11. The fourth-order valence-corrected chi connectivity index (χ4v) is 1.83. The van der Waals surface area contributed by atoms with Gasteiger partial charge in [-0.2, -0.15) is 5.10 Å². The summed E-state index contributed by atoms with van der Waals surface area (Å²) in [7, 11) is 5.65. The second-order valence-corrected chi connectivity index (χ2v) is 4.58. The molecule has 1 aliphatic heterocycles. The molecule has 0 N–H and O–H groups in total. The van der Waals surface area contributed by atoms with Crippen molar-refractivity contribution in [3.8, 4) is 5.75 Å².